The normalized spacial score (nSPS) is 16.3. The molecule has 1 amide bonds. The van der Waals surface area contributed by atoms with E-state index in [0.29, 0.717) is 30.4 Å². The largest absolute Gasteiger partial charge is 0.492 e. The minimum Gasteiger partial charge on any atom is -0.492 e. The number of oxazole rings is 1. The van der Waals surface area contributed by atoms with Crippen molar-refractivity contribution >= 4 is 22.7 Å². The van der Waals surface area contributed by atoms with Crippen LogP contribution in [-0.2, 0) is 4.79 Å². The number of aromatic nitrogens is 1. The van der Waals surface area contributed by atoms with Gasteiger partial charge in [-0.05, 0) is 55.3 Å². The topological polar surface area (TPSA) is 88.8 Å². The molecule has 0 saturated carbocycles. The molecule has 2 heterocycles. The highest BCUT2D eigenvalue weighted by atomic mass is 16.5. The molecule has 0 aliphatic carbocycles. The van der Waals surface area contributed by atoms with Gasteiger partial charge in [-0.1, -0.05) is 26.8 Å². The zero-order chi connectivity index (χ0) is 22.5. The quantitative estimate of drug-likeness (QED) is 0.488. The first-order valence-electron chi connectivity index (χ1n) is 11.2. The summed E-state index contributed by atoms with van der Waals surface area (Å²) in [7, 11) is 0. The maximum atomic E-state index is 11.7. The summed E-state index contributed by atoms with van der Waals surface area (Å²) >= 11 is 0. The van der Waals surface area contributed by atoms with Gasteiger partial charge in [-0.2, -0.15) is 5.10 Å². The molecular formula is C25H30N4O3. The van der Waals surface area contributed by atoms with Gasteiger partial charge in [0.1, 0.15) is 17.9 Å². The number of amides is 1. The van der Waals surface area contributed by atoms with E-state index in [1.807, 2.05) is 42.5 Å². The Hall–Kier alpha value is -3.19. The Morgan fingerprint density at radius 2 is 1.97 bits per heavy atom. The maximum Gasteiger partial charge on any atom is 0.240 e. The first kappa shape index (κ1) is 22.0. The van der Waals surface area contributed by atoms with Crippen molar-refractivity contribution in [1.82, 2.24) is 15.7 Å². The summed E-state index contributed by atoms with van der Waals surface area (Å²) in [5, 5.41) is 7.66. The Bertz CT molecular complexity index is 1100. The van der Waals surface area contributed by atoms with Gasteiger partial charge in [-0.15, -0.1) is 0 Å². The van der Waals surface area contributed by atoms with E-state index in [1.165, 1.54) is 0 Å². The van der Waals surface area contributed by atoms with Gasteiger partial charge in [0.2, 0.25) is 11.8 Å². The molecule has 168 valence electrons. The molecule has 32 heavy (non-hydrogen) atoms. The minimum absolute atomic E-state index is 0.0390. The monoisotopic (exact) mass is 434 g/mol. The standard InChI is InChI=1S/C25H30N4O3/c1-4-17-14-23(30)28-29-24(17)19-7-10-21-22(13-19)32-25(27-21)18-5-8-20(9-6-18)31-12-11-26-15-16(2)3/h5-10,13,16-17,26H,4,11-12,14-15H2,1-3H3,(H,28,30). The number of nitrogens with zero attached hydrogens (tertiary/aromatic N) is 2. The van der Waals surface area contributed by atoms with Crippen molar-refractivity contribution in [3.63, 3.8) is 0 Å². The second-order valence-corrected chi connectivity index (χ2v) is 8.51. The zero-order valence-electron chi connectivity index (χ0n) is 18.9. The predicted octanol–water partition coefficient (Wildman–Crippen LogP) is 4.37. The molecule has 0 radical (unpaired) electrons. The maximum absolute atomic E-state index is 11.7. The Morgan fingerprint density at radius 3 is 2.72 bits per heavy atom. The van der Waals surface area contributed by atoms with Crippen molar-refractivity contribution in [3.05, 3.63) is 48.0 Å². The molecule has 0 bridgehead atoms. The number of hydrazone groups is 1. The van der Waals surface area contributed by atoms with Crippen LogP contribution in [0.5, 0.6) is 5.75 Å². The molecule has 1 aliphatic heterocycles. The number of rotatable bonds is 9. The number of ether oxygens (including phenoxy) is 1. The molecule has 1 aliphatic rings. The molecule has 2 aromatic carbocycles. The second-order valence-electron chi connectivity index (χ2n) is 8.51. The highest BCUT2D eigenvalue weighted by molar-refractivity contribution is 6.07. The van der Waals surface area contributed by atoms with E-state index in [-0.39, 0.29) is 11.8 Å². The zero-order valence-corrected chi connectivity index (χ0v) is 18.9. The number of carbonyl (C=O) groups is 1. The summed E-state index contributed by atoms with van der Waals surface area (Å²) in [5.41, 5.74) is 6.80. The Morgan fingerprint density at radius 1 is 1.19 bits per heavy atom. The van der Waals surface area contributed by atoms with Crippen LogP contribution in [0.4, 0.5) is 0 Å². The summed E-state index contributed by atoms with van der Waals surface area (Å²) in [4.78, 5) is 16.3. The molecule has 0 saturated heterocycles. The van der Waals surface area contributed by atoms with Crippen molar-refractivity contribution in [2.45, 2.75) is 33.6 Å². The molecule has 2 N–H and O–H groups in total. The first-order chi connectivity index (χ1) is 15.5. The lowest BCUT2D eigenvalue weighted by Crippen LogP contribution is -2.33. The van der Waals surface area contributed by atoms with Crippen molar-refractivity contribution < 1.29 is 13.9 Å². The van der Waals surface area contributed by atoms with E-state index in [0.717, 1.165) is 47.6 Å². The Balaban J connectivity index is 1.45. The number of hydrogen-bond donors (Lipinski definition) is 2. The van der Waals surface area contributed by atoms with Gasteiger partial charge in [0.05, 0.1) is 5.71 Å². The molecule has 7 nitrogen and oxygen atoms in total. The summed E-state index contributed by atoms with van der Waals surface area (Å²) < 4.78 is 11.8. The van der Waals surface area contributed by atoms with Crippen LogP contribution in [0.25, 0.3) is 22.6 Å². The number of benzene rings is 2. The van der Waals surface area contributed by atoms with Crippen LogP contribution in [0.2, 0.25) is 0 Å². The third kappa shape index (κ3) is 5.16. The number of carbonyl (C=O) groups excluding carboxylic acids is 1. The Kier molecular flexibility index (Phi) is 6.85. The summed E-state index contributed by atoms with van der Waals surface area (Å²) in [5.74, 6) is 2.08. The fraction of sp³-hybridized carbons (Fsp3) is 0.400. The van der Waals surface area contributed by atoms with Gasteiger partial charge in [-0.3, -0.25) is 4.79 Å². The number of fused-ring (bicyclic) bond motifs is 1. The van der Waals surface area contributed by atoms with E-state index in [2.05, 4.69) is 41.6 Å². The predicted molar refractivity (Wildman–Crippen MR) is 126 cm³/mol. The third-order valence-electron chi connectivity index (χ3n) is 5.50. The molecule has 7 heteroatoms. The van der Waals surface area contributed by atoms with Gasteiger partial charge < -0.3 is 14.5 Å². The molecule has 4 rings (SSSR count). The fourth-order valence-corrected chi connectivity index (χ4v) is 3.75. The van der Waals surface area contributed by atoms with Gasteiger partial charge in [-0.25, -0.2) is 10.4 Å². The van der Waals surface area contributed by atoms with Crippen LogP contribution in [0.1, 0.15) is 39.2 Å². The third-order valence-corrected chi connectivity index (χ3v) is 5.50. The molecule has 1 aromatic heterocycles. The highest BCUT2D eigenvalue weighted by Gasteiger charge is 2.24. The van der Waals surface area contributed by atoms with Crippen LogP contribution in [-0.4, -0.2) is 36.3 Å². The van der Waals surface area contributed by atoms with Gasteiger partial charge in [0, 0.05) is 30.0 Å². The van der Waals surface area contributed by atoms with Crippen molar-refractivity contribution in [2.75, 3.05) is 19.7 Å². The first-order valence-corrected chi connectivity index (χ1v) is 11.2. The summed E-state index contributed by atoms with van der Waals surface area (Å²) in [6, 6.07) is 13.6. The molecule has 1 unspecified atom stereocenters. The number of nitrogens with one attached hydrogen (secondary N) is 2. The van der Waals surface area contributed by atoms with Crippen molar-refractivity contribution in [3.8, 4) is 17.2 Å². The van der Waals surface area contributed by atoms with Gasteiger partial charge in [0.25, 0.3) is 0 Å². The van der Waals surface area contributed by atoms with Crippen molar-refractivity contribution in [1.29, 1.82) is 0 Å². The molecule has 0 spiro atoms. The van der Waals surface area contributed by atoms with Crippen LogP contribution in [0.3, 0.4) is 0 Å². The molecule has 0 fully saturated rings. The van der Waals surface area contributed by atoms with E-state index in [9.17, 15) is 4.79 Å². The van der Waals surface area contributed by atoms with E-state index >= 15 is 0 Å². The number of hydrogen-bond acceptors (Lipinski definition) is 6. The summed E-state index contributed by atoms with van der Waals surface area (Å²) in [6.07, 6.45) is 1.31. The fourth-order valence-electron chi connectivity index (χ4n) is 3.75. The lowest BCUT2D eigenvalue weighted by atomic mass is 9.90. The average molecular weight is 435 g/mol. The van der Waals surface area contributed by atoms with Crippen molar-refractivity contribution in [2.24, 2.45) is 16.9 Å². The van der Waals surface area contributed by atoms with Gasteiger partial charge in [0.15, 0.2) is 5.58 Å². The van der Waals surface area contributed by atoms with Crippen LogP contribution in [0, 0.1) is 11.8 Å². The Labute approximate surface area is 188 Å². The lowest BCUT2D eigenvalue weighted by molar-refractivity contribution is -0.122. The van der Waals surface area contributed by atoms with E-state index in [1.54, 1.807) is 0 Å². The summed E-state index contributed by atoms with van der Waals surface area (Å²) in [6.45, 7) is 8.88. The second kappa shape index (κ2) is 9.96. The molecule has 3 aromatic rings. The van der Waals surface area contributed by atoms with Crippen LogP contribution >= 0.6 is 0 Å². The smallest absolute Gasteiger partial charge is 0.240 e. The van der Waals surface area contributed by atoms with E-state index in [4.69, 9.17) is 9.15 Å². The molecular weight excluding hydrogens is 404 g/mol. The molecule has 1 atom stereocenters. The highest BCUT2D eigenvalue weighted by Crippen LogP contribution is 2.28. The van der Waals surface area contributed by atoms with E-state index < -0.39 is 0 Å². The lowest BCUT2D eigenvalue weighted by Gasteiger charge is -2.21. The minimum atomic E-state index is -0.0390. The van der Waals surface area contributed by atoms with Crippen LogP contribution < -0.4 is 15.5 Å². The average Bonchev–Trinajstić information content (AvgIpc) is 3.22. The van der Waals surface area contributed by atoms with Gasteiger partial charge >= 0.3 is 0 Å². The SMILES string of the molecule is CCC1CC(=O)NN=C1c1ccc2nc(-c3ccc(OCCNCC(C)C)cc3)oc2c1. The van der Waals surface area contributed by atoms with Crippen LogP contribution in [0.15, 0.2) is 52.0 Å².